The molecular weight excluding hydrogens is 353 g/mol. The summed E-state index contributed by atoms with van der Waals surface area (Å²) in [5, 5.41) is 6.94. The molecule has 1 aromatic heterocycles. The van der Waals surface area contributed by atoms with Crippen molar-refractivity contribution in [3.8, 4) is 0 Å². The van der Waals surface area contributed by atoms with E-state index in [-0.39, 0.29) is 17.5 Å². The van der Waals surface area contributed by atoms with Crippen LogP contribution in [0.1, 0.15) is 29.1 Å². The Hall–Kier alpha value is -2.35. The lowest BCUT2D eigenvalue weighted by Gasteiger charge is -2.21. The fraction of sp³-hybridized carbons (Fsp3) is 0.294. The van der Waals surface area contributed by atoms with Crippen LogP contribution in [-0.4, -0.2) is 17.9 Å². The van der Waals surface area contributed by atoms with Gasteiger partial charge in [-0.05, 0) is 41.6 Å². The number of benzene rings is 1. The van der Waals surface area contributed by atoms with Crippen molar-refractivity contribution in [3.05, 3.63) is 52.2 Å². The van der Waals surface area contributed by atoms with Crippen molar-refractivity contribution in [1.29, 1.82) is 0 Å². The molecule has 0 spiro atoms. The highest BCUT2D eigenvalue weighted by molar-refractivity contribution is 7.12. The van der Waals surface area contributed by atoms with Crippen LogP contribution in [0.3, 0.4) is 0 Å². The average Bonchev–Trinajstić information content (AvgIpc) is 3.06. The number of hydrogen-bond acceptors (Lipinski definition) is 3. The molecule has 2 aromatic rings. The Kier molecular flexibility index (Phi) is 5.84. The van der Waals surface area contributed by atoms with E-state index >= 15 is 0 Å². The predicted octanol–water partition coefficient (Wildman–Crippen LogP) is 4.16. The molecule has 0 bridgehead atoms. The zero-order chi connectivity index (χ0) is 18.6. The SMILES string of the molecule is CC(C)[C@@H](NC(=O)c1cccs1)C(=O)Nc1ccc(C(F)(F)F)cc1. The summed E-state index contributed by atoms with van der Waals surface area (Å²) in [6.07, 6.45) is -4.43. The summed E-state index contributed by atoms with van der Waals surface area (Å²) in [6.45, 7) is 3.54. The second-order valence-corrected chi connectivity index (χ2v) is 6.68. The highest BCUT2D eigenvalue weighted by Gasteiger charge is 2.30. The molecule has 2 rings (SSSR count). The van der Waals surface area contributed by atoms with Crippen molar-refractivity contribution in [2.45, 2.75) is 26.1 Å². The van der Waals surface area contributed by atoms with E-state index in [1.54, 1.807) is 31.4 Å². The number of carbonyl (C=O) groups is 2. The number of alkyl halides is 3. The molecule has 4 nitrogen and oxygen atoms in total. The molecule has 0 saturated heterocycles. The van der Waals surface area contributed by atoms with Crippen LogP contribution in [0.25, 0.3) is 0 Å². The summed E-state index contributed by atoms with van der Waals surface area (Å²) in [6, 6.07) is 6.71. The molecule has 0 saturated carbocycles. The molecule has 1 heterocycles. The molecule has 2 N–H and O–H groups in total. The summed E-state index contributed by atoms with van der Waals surface area (Å²) in [5.41, 5.74) is -0.564. The van der Waals surface area contributed by atoms with E-state index in [1.807, 2.05) is 0 Å². The Bertz CT molecular complexity index is 725. The topological polar surface area (TPSA) is 58.2 Å². The molecule has 1 atom stereocenters. The molecule has 25 heavy (non-hydrogen) atoms. The van der Waals surface area contributed by atoms with Gasteiger partial charge in [0.25, 0.3) is 5.91 Å². The lowest BCUT2D eigenvalue weighted by atomic mass is 10.0. The van der Waals surface area contributed by atoms with Crippen molar-refractivity contribution in [2.24, 2.45) is 5.92 Å². The van der Waals surface area contributed by atoms with E-state index in [0.29, 0.717) is 4.88 Å². The number of hydrogen-bond donors (Lipinski definition) is 2. The third kappa shape index (κ3) is 5.06. The lowest BCUT2D eigenvalue weighted by molar-refractivity contribution is -0.137. The van der Waals surface area contributed by atoms with Gasteiger partial charge in [-0.1, -0.05) is 19.9 Å². The normalized spacial score (nSPS) is 12.7. The highest BCUT2D eigenvalue weighted by Crippen LogP contribution is 2.29. The Morgan fingerprint density at radius 1 is 1.08 bits per heavy atom. The quantitative estimate of drug-likeness (QED) is 0.830. The second kappa shape index (κ2) is 7.69. The molecule has 8 heteroatoms. The Balaban J connectivity index is 2.06. The zero-order valence-corrected chi connectivity index (χ0v) is 14.4. The molecule has 0 aliphatic carbocycles. The first-order valence-corrected chi connectivity index (χ1v) is 8.39. The summed E-state index contributed by atoms with van der Waals surface area (Å²) >= 11 is 1.25. The number of anilines is 1. The van der Waals surface area contributed by atoms with Gasteiger partial charge in [0.2, 0.25) is 5.91 Å². The van der Waals surface area contributed by atoms with Gasteiger partial charge in [-0.3, -0.25) is 9.59 Å². The molecule has 0 radical (unpaired) electrons. The standard InChI is InChI=1S/C17H17F3N2O2S/c1-10(2)14(22-15(23)13-4-3-9-25-13)16(24)21-12-7-5-11(6-8-12)17(18,19)20/h3-10,14H,1-2H3,(H,21,24)(H,22,23)/t14-/m1/s1. The third-order valence-corrected chi connectivity index (χ3v) is 4.33. The second-order valence-electron chi connectivity index (χ2n) is 5.74. The van der Waals surface area contributed by atoms with Gasteiger partial charge in [-0.2, -0.15) is 13.2 Å². The fourth-order valence-electron chi connectivity index (χ4n) is 2.12. The zero-order valence-electron chi connectivity index (χ0n) is 13.6. The molecule has 0 fully saturated rings. The first-order valence-electron chi connectivity index (χ1n) is 7.51. The maximum atomic E-state index is 12.6. The molecule has 0 unspecified atom stereocenters. The van der Waals surface area contributed by atoms with Gasteiger partial charge in [0, 0.05) is 5.69 Å². The largest absolute Gasteiger partial charge is 0.416 e. The first-order chi connectivity index (χ1) is 11.7. The van der Waals surface area contributed by atoms with Crippen molar-refractivity contribution < 1.29 is 22.8 Å². The molecule has 134 valence electrons. The van der Waals surface area contributed by atoms with Gasteiger partial charge in [0.05, 0.1) is 10.4 Å². The number of rotatable bonds is 5. The van der Waals surface area contributed by atoms with E-state index in [4.69, 9.17) is 0 Å². The molecular formula is C17H17F3N2O2S. The average molecular weight is 370 g/mol. The van der Waals surface area contributed by atoms with Gasteiger partial charge in [0.1, 0.15) is 6.04 Å². The van der Waals surface area contributed by atoms with Gasteiger partial charge < -0.3 is 10.6 Å². The Morgan fingerprint density at radius 3 is 2.20 bits per heavy atom. The van der Waals surface area contributed by atoms with Crippen LogP contribution in [0.15, 0.2) is 41.8 Å². The molecule has 0 aliphatic rings. The smallest absolute Gasteiger partial charge is 0.339 e. The predicted molar refractivity (Wildman–Crippen MR) is 90.5 cm³/mol. The Morgan fingerprint density at radius 2 is 1.72 bits per heavy atom. The number of amides is 2. The monoisotopic (exact) mass is 370 g/mol. The Labute approximate surface area is 147 Å². The summed E-state index contributed by atoms with van der Waals surface area (Å²) < 4.78 is 37.7. The van der Waals surface area contributed by atoms with Crippen LogP contribution in [0.2, 0.25) is 0 Å². The van der Waals surface area contributed by atoms with E-state index in [0.717, 1.165) is 12.1 Å². The fourth-order valence-corrected chi connectivity index (χ4v) is 2.74. The molecule has 0 aliphatic heterocycles. The van der Waals surface area contributed by atoms with Crippen LogP contribution in [-0.2, 0) is 11.0 Å². The van der Waals surface area contributed by atoms with Crippen molar-refractivity contribution in [2.75, 3.05) is 5.32 Å². The summed E-state index contributed by atoms with van der Waals surface area (Å²) in [5.74, 6) is -1.05. The van der Waals surface area contributed by atoms with Crippen LogP contribution in [0, 0.1) is 5.92 Å². The summed E-state index contributed by atoms with van der Waals surface area (Å²) in [4.78, 5) is 25.0. The highest BCUT2D eigenvalue weighted by atomic mass is 32.1. The van der Waals surface area contributed by atoms with Crippen molar-refractivity contribution >= 4 is 28.8 Å². The van der Waals surface area contributed by atoms with Crippen LogP contribution < -0.4 is 10.6 Å². The lowest BCUT2D eigenvalue weighted by Crippen LogP contribution is -2.46. The number of carbonyl (C=O) groups excluding carboxylic acids is 2. The minimum atomic E-state index is -4.43. The maximum Gasteiger partial charge on any atom is 0.416 e. The van der Waals surface area contributed by atoms with Gasteiger partial charge in [-0.25, -0.2) is 0 Å². The van der Waals surface area contributed by atoms with Crippen LogP contribution in [0.4, 0.5) is 18.9 Å². The number of halogens is 3. The third-order valence-electron chi connectivity index (χ3n) is 3.46. The summed E-state index contributed by atoms with van der Waals surface area (Å²) in [7, 11) is 0. The van der Waals surface area contributed by atoms with Crippen molar-refractivity contribution in [1.82, 2.24) is 5.32 Å². The van der Waals surface area contributed by atoms with E-state index in [9.17, 15) is 22.8 Å². The number of thiophene rings is 1. The maximum absolute atomic E-state index is 12.6. The van der Waals surface area contributed by atoms with Crippen LogP contribution in [0.5, 0.6) is 0 Å². The van der Waals surface area contributed by atoms with Gasteiger partial charge >= 0.3 is 6.18 Å². The van der Waals surface area contributed by atoms with E-state index in [1.165, 1.54) is 23.5 Å². The van der Waals surface area contributed by atoms with Gasteiger partial charge in [-0.15, -0.1) is 11.3 Å². The first kappa shape index (κ1) is 19.0. The number of nitrogens with one attached hydrogen (secondary N) is 2. The van der Waals surface area contributed by atoms with Crippen molar-refractivity contribution in [3.63, 3.8) is 0 Å². The van der Waals surface area contributed by atoms with Crippen LogP contribution >= 0.6 is 11.3 Å². The van der Waals surface area contributed by atoms with E-state index in [2.05, 4.69) is 10.6 Å². The minimum Gasteiger partial charge on any atom is -0.339 e. The van der Waals surface area contributed by atoms with Gasteiger partial charge in [0.15, 0.2) is 0 Å². The molecule has 2 amide bonds. The van der Waals surface area contributed by atoms with E-state index < -0.39 is 23.7 Å². The minimum absolute atomic E-state index is 0.196. The molecule has 1 aromatic carbocycles.